The van der Waals surface area contributed by atoms with E-state index in [1.807, 2.05) is 38.1 Å². The fourth-order valence-electron chi connectivity index (χ4n) is 3.27. The van der Waals surface area contributed by atoms with Gasteiger partial charge in [0.1, 0.15) is 0 Å². The number of hydrogen-bond donors (Lipinski definition) is 0. The number of esters is 1. The van der Waals surface area contributed by atoms with Gasteiger partial charge in [0.25, 0.3) is 5.91 Å². The minimum Gasteiger partial charge on any atom is -0.445 e. The maximum Gasteiger partial charge on any atom is 0.339 e. The quantitative estimate of drug-likeness (QED) is 0.795. The lowest BCUT2D eigenvalue weighted by atomic mass is 9.89. The average molecular weight is 323 g/mol. The number of amides is 1. The molecule has 0 saturated carbocycles. The van der Waals surface area contributed by atoms with E-state index in [1.165, 1.54) is 0 Å². The molecule has 4 nitrogen and oxygen atoms in total. The lowest BCUT2D eigenvalue weighted by Gasteiger charge is -2.36. The number of carbonyl (C=O) groups is 2. The fraction of sp³-hybridized carbons (Fsp3) is 0.300. The monoisotopic (exact) mass is 323 g/mol. The number of cyclic esters (lactones) is 1. The van der Waals surface area contributed by atoms with E-state index in [9.17, 15) is 9.59 Å². The van der Waals surface area contributed by atoms with Crippen LogP contribution >= 0.6 is 0 Å². The maximum atomic E-state index is 13.0. The number of nitrogens with zero attached hydrogens (tertiary/aromatic N) is 1. The molecule has 0 spiro atoms. The van der Waals surface area contributed by atoms with Gasteiger partial charge in [0.2, 0.25) is 0 Å². The highest BCUT2D eigenvalue weighted by Crippen LogP contribution is 2.31. The van der Waals surface area contributed by atoms with E-state index in [0.717, 1.165) is 22.4 Å². The van der Waals surface area contributed by atoms with Gasteiger partial charge in [-0.1, -0.05) is 24.3 Å². The number of likely N-dealkylation sites (N-methyl/N-ethyl adjacent to an activating group) is 1. The van der Waals surface area contributed by atoms with Crippen LogP contribution in [0.15, 0.2) is 42.5 Å². The van der Waals surface area contributed by atoms with E-state index in [1.54, 1.807) is 31.0 Å². The van der Waals surface area contributed by atoms with Crippen molar-refractivity contribution in [2.75, 3.05) is 11.9 Å². The van der Waals surface area contributed by atoms with Crippen LogP contribution in [0.2, 0.25) is 0 Å². The SMILES string of the molecule is Cc1cc(C)cc(N(C)C(=O)C2(C)Cc3ccccc3C(=O)O2)c1. The molecule has 0 N–H and O–H groups in total. The second kappa shape index (κ2) is 5.78. The number of hydrogen-bond acceptors (Lipinski definition) is 3. The van der Waals surface area contributed by atoms with Crippen LogP contribution in [0.1, 0.15) is 34.0 Å². The van der Waals surface area contributed by atoms with E-state index >= 15 is 0 Å². The number of ether oxygens (including phenoxy) is 1. The van der Waals surface area contributed by atoms with Gasteiger partial charge in [-0.3, -0.25) is 4.79 Å². The number of anilines is 1. The van der Waals surface area contributed by atoms with Crippen LogP contribution in [0.25, 0.3) is 0 Å². The molecule has 0 fully saturated rings. The zero-order valence-corrected chi connectivity index (χ0v) is 14.4. The van der Waals surface area contributed by atoms with Crippen LogP contribution in [0.4, 0.5) is 5.69 Å². The second-order valence-electron chi connectivity index (χ2n) is 6.66. The van der Waals surface area contributed by atoms with E-state index in [-0.39, 0.29) is 5.91 Å². The van der Waals surface area contributed by atoms with Gasteiger partial charge >= 0.3 is 5.97 Å². The van der Waals surface area contributed by atoms with Gasteiger partial charge in [-0.2, -0.15) is 0 Å². The first-order chi connectivity index (χ1) is 11.3. The first-order valence-corrected chi connectivity index (χ1v) is 7.98. The minimum atomic E-state index is -1.20. The van der Waals surface area contributed by atoms with Gasteiger partial charge in [-0.05, 0) is 55.7 Å². The fourth-order valence-corrected chi connectivity index (χ4v) is 3.27. The molecule has 1 atom stereocenters. The van der Waals surface area contributed by atoms with Gasteiger partial charge in [-0.25, -0.2) is 4.79 Å². The summed E-state index contributed by atoms with van der Waals surface area (Å²) in [5.74, 6) is -0.670. The minimum absolute atomic E-state index is 0.227. The van der Waals surface area contributed by atoms with Crippen molar-refractivity contribution in [3.8, 4) is 0 Å². The van der Waals surface area contributed by atoms with Crippen LogP contribution in [0, 0.1) is 13.8 Å². The van der Waals surface area contributed by atoms with Crippen LogP contribution in [0.3, 0.4) is 0 Å². The second-order valence-corrected chi connectivity index (χ2v) is 6.66. The smallest absolute Gasteiger partial charge is 0.339 e. The number of carbonyl (C=O) groups excluding carboxylic acids is 2. The molecule has 0 bridgehead atoms. The molecule has 1 aliphatic rings. The molecular formula is C20H21NO3. The highest BCUT2D eigenvalue weighted by molar-refractivity contribution is 6.03. The summed E-state index contributed by atoms with van der Waals surface area (Å²) in [4.78, 5) is 26.9. The third kappa shape index (κ3) is 2.80. The Labute approximate surface area is 142 Å². The van der Waals surface area contributed by atoms with E-state index in [4.69, 9.17) is 4.74 Å². The normalized spacial score (nSPS) is 19.4. The zero-order chi connectivity index (χ0) is 17.5. The number of fused-ring (bicyclic) bond motifs is 1. The Balaban J connectivity index is 1.93. The Morgan fingerprint density at radius 1 is 1.12 bits per heavy atom. The van der Waals surface area contributed by atoms with Crippen molar-refractivity contribution >= 4 is 17.6 Å². The van der Waals surface area contributed by atoms with E-state index in [2.05, 4.69) is 6.07 Å². The van der Waals surface area contributed by atoms with Crippen molar-refractivity contribution in [2.45, 2.75) is 32.8 Å². The summed E-state index contributed by atoms with van der Waals surface area (Å²) < 4.78 is 5.54. The van der Waals surface area contributed by atoms with Crippen LogP contribution < -0.4 is 4.90 Å². The molecule has 0 aromatic heterocycles. The van der Waals surface area contributed by atoms with Gasteiger partial charge in [0, 0.05) is 19.2 Å². The topological polar surface area (TPSA) is 46.6 Å². The molecule has 2 aromatic rings. The van der Waals surface area contributed by atoms with Gasteiger partial charge < -0.3 is 9.64 Å². The predicted octanol–water partition coefficient (Wildman–Crippen LogP) is 3.44. The lowest BCUT2D eigenvalue weighted by molar-refractivity contribution is -0.136. The standard InChI is InChI=1S/C20H21NO3/c1-13-9-14(2)11-16(10-13)21(4)19(23)20(3)12-15-7-5-6-8-17(15)18(22)24-20/h5-11H,12H2,1-4H3. The van der Waals surface area contributed by atoms with Gasteiger partial charge in [-0.15, -0.1) is 0 Å². The Hall–Kier alpha value is -2.62. The van der Waals surface area contributed by atoms with Gasteiger partial charge in [0.05, 0.1) is 5.56 Å². The van der Waals surface area contributed by atoms with E-state index in [0.29, 0.717) is 12.0 Å². The molecule has 1 amide bonds. The molecule has 0 radical (unpaired) electrons. The summed E-state index contributed by atoms with van der Waals surface area (Å²) in [5, 5.41) is 0. The molecule has 1 aliphatic heterocycles. The first kappa shape index (κ1) is 16.2. The number of rotatable bonds is 2. The zero-order valence-electron chi connectivity index (χ0n) is 14.4. The van der Waals surface area contributed by atoms with Crippen molar-refractivity contribution in [3.05, 3.63) is 64.7 Å². The molecule has 24 heavy (non-hydrogen) atoms. The van der Waals surface area contributed by atoms with Gasteiger partial charge in [0.15, 0.2) is 5.60 Å². The van der Waals surface area contributed by atoms with Crippen molar-refractivity contribution in [1.29, 1.82) is 0 Å². The van der Waals surface area contributed by atoms with E-state index < -0.39 is 11.6 Å². The van der Waals surface area contributed by atoms with Crippen molar-refractivity contribution in [1.82, 2.24) is 0 Å². The Morgan fingerprint density at radius 2 is 1.75 bits per heavy atom. The van der Waals surface area contributed by atoms with Crippen molar-refractivity contribution < 1.29 is 14.3 Å². The molecule has 124 valence electrons. The van der Waals surface area contributed by atoms with Crippen LogP contribution in [0.5, 0.6) is 0 Å². The molecule has 3 rings (SSSR count). The molecule has 4 heteroatoms. The highest BCUT2D eigenvalue weighted by atomic mass is 16.6. The summed E-state index contributed by atoms with van der Waals surface area (Å²) in [7, 11) is 1.72. The van der Waals surface area contributed by atoms with Crippen LogP contribution in [-0.2, 0) is 16.0 Å². The Kier molecular flexibility index (Phi) is 3.91. The van der Waals surface area contributed by atoms with Crippen LogP contribution in [-0.4, -0.2) is 24.5 Å². The molecule has 1 heterocycles. The Morgan fingerprint density at radius 3 is 2.42 bits per heavy atom. The predicted molar refractivity (Wildman–Crippen MR) is 93.3 cm³/mol. The molecule has 1 unspecified atom stereocenters. The summed E-state index contributed by atoms with van der Waals surface area (Å²) in [6, 6.07) is 13.2. The molecule has 0 saturated heterocycles. The maximum absolute atomic E-state index is 13.0. The molecule has 0 aliphatic carbocycles. The molecular weight excluding hydrogens is 302 g/mol. The summed E-state index contributed by atoms with van der Waals surface area (Å²) in [5.41, 5.74) is 3.16. The highest BCUT2D eigenvalue weighted by Gasteiger charge is 2.44. The third-order valence-electron chi connectivity index (χ3n) is 4.43. The van der Waals surface area contributed by atoms with Crippen molar-refractivity contribution in [2.24, 2.45) is 0 Å². The van der Waals surface area contributed by atoms with Crippen molar-refractivity contribution in [3.63, 3.8) is 0 Å². The molecule has 2 aromatic carbocycles. The summed E-state index contributed by atoms with van der Waals surface area (Å²) >= 11 is 0. The third-order valence-corrected chi connectivity index (χ3v) is 4.43. The number of aryl methyl sites for hydroxylation is 2. The average Bonchev–Trinajstić information content (AvgIpc) is 2.52. The number of benzene rings is 2. The summed E-state index contributed by atoms with van der Waals surface area (Å²) in [6.45, 7) is 5.67. The largest absolute Gasteiger partial charge is 0.445 e. The summed E-state index contributed by atoms with van der Waals surface area (Å²) in [6.07, 6.45) is 0.378. The lowest BCUT2D eigenvalue weighted by Crippen LogP contribution is -2.52. The Bertz CT molecular complexity index is 807. The first-order valence-electron chi connectivity index (χ1n) is 7.98.